The molecule has 1 fully saturated rings. The van der Waals surface area contributed by atoms with Crippen molar-refractivity contribution in [3.8, 4) is 0 Å². The molecule has 0 amide bonds. The number of hydrogen-bond donors (Lipinski definition) is 1. The van der Waals surface area contributed by atoms with Crippen molar-refractivity contribution in [2.24, 2.45) is 5.41 Å². The van der Waals surface area contributed by atoms with Crippen molar-refractivity contribution in [3.05, 3.63) is 0 Å². The fraction of sp³-hybridized carbons (Fsp3) is 1.00. The average Bonchev–Trinajstić information content (AvgIpc) is 2.65. The van der Waals surface area contributed by atoms with E-state index >= 15 is 0 Å². The topological polar surface area (TPSA) is 18.5 Å². The fourth-order valence-corrected chi connectivity index (χ4v) is 2.94. The van der Waals surface area contributed by atoms with E-state index in [0.29, 0.717) is 5.41 Å². The molecule has 1 rings (SSSR count). The second-order valence-electron chi connectivity index (χ2n) is 6.22. The van der Waals surface area contributed by atoms with Gasteiger partial charge < -0.3 is 10.2 Å². The third-order valence-corrected chi connectivity index (χ3v) is 4.12. The zero-order valence-corrected chi connectivity index (χ0v) is 12.4. The number of nitrogens with one attached hydrogen (secondary N) is 1. The molecule has 2 atom stereocenters. The van der Waals surface area contributed by atoms with Crippen molar-refractivity contribution in [1.29, 1.82) is 0 Å². The van der Waals surface area contributed by atoms with E-state index in [1.54, 1.807) is 0 Å². The molecular weight excluding hydrogens is 210 g/mol. The monoisotopic (exact) mass is 241 g/mol. The molecule has 0 aliphatic carbocycles. The second-order valence-corrected chi connectivity index (χ2v) is 6.22. The van der Waals surface area contributed by atoms with Crippen LogP contribution < -0.4 is 5.32 Å². The SMILES string of the molecule is CCC(C)(CNC)CN1CCCC1CN(C)C. The van der Waals surface area contributed by atoms with E-state index in [1.165, 1.54) is 38.9 Å². The first kappa shape index (κ1) is 14.9. The summed E-state index contributed by atoms with van der Waals surface area (Å²) in [5, 5.41) is 3.35. The largest absolute Gasteiger partial charge is 0.319 e. The first-order valence-electron chi connectivity index (χ1n) is 7.04. The molecule has 1 aliphatic heterocycles. The van der Waals surface area contributed by atoms with Crippen LogP contribution in [0, 0.1) is 5.41 Å². The first-order valence-corrected chi connectivity index (χ1v) is 7.04. The molecule has 0 radical (unpaired) electrons. The van der Waals surface area contributed by atoms with E-state index in [-0.39, 0.29) is 0 Å². The smallest absolute Gasteiger partial charge is 0.0223 e. The summed E-state index contributed by atoms with van der Waals surface area (Å²) in [7, 11) is 6.43. The zero-order valence-electron chi connectivity index (χ0n) is 12.4. The van der Waals surface area contributed by atoms with Crippen LogP contribution in [0.3, 0.4) is 0 Å². The fourth-order valence-electron chi connectivity index (χ4n) is 2.94. The van der Waals surface area contributed by atoms with Crippen molar-refractivity contribution in [2.75, 3.05) is 47.3 Å². The van der Waals surface area contributed by atoms with Gasteiger partial charge in [-0.05, 0) is 52.4 Å². The van der Waals surface area contributed by atoms with E-state index < -0.39 is 0 Å². The standard InChI is InChI=1S/C14H31N3/c1-6-14(2,11-15-3)12-17-9-7-8-13(17)10-16(4)5/h13,15H,6-12H2,1-5H3. The number of hydrogen-bond acceptors (Lipinski definition) is 3. The minimum absolute atomic E-state index is 0.420. The Hall–Kier alpha value is -0.120. The van der Waals surface area contributed by atoms with Crippen molar-refractivity contribution in [3.63, 3.8) is 0 Å². The minimum atomic E-state index is 0.420. The summed E-state index contributed by atoms with van der Waals surface area (Å²) in [6.45, 7) is 9.58. The van der Waals surface area contributed by atoms with Gasteiger partial charge in [-0.15, -0.1) is 0 Å². The summed E-state index contributed by atoms with van der Waals surface area (Å²) < 4.78 is 0. The molecule has 0 aromatic heterocycles. The molecule has 0 bridgehead atoms. The second kappa shape index (κ2) is 6.72. The van der Waals surface area contributed by atoms with E-state index in [9.17, 15) is 0 Å². The van der Waals surface area contributed by atoms with Gasteiger partial charge in [0.05, 0.1) is 0 Å². The lowest BCUT2D eigenvalue weighted by Gasteiger charge is -2.36. The van der Waals surface area contributed by atoms with Crippen LogP contribution in [0.25, 0.3) is 0 Å². The summed E-state index contributed by atoms with van der Waals surface area (Å²) in [6.07, 6.45) is 3.99. The molecule has 0 aromatic rings. The molecule has 3 nitrogen and oxygen atoms in total. The van der Waals surface area contributed by atoms with Gasteiger partial charge in [-0.3, -0.25) is 4.90 Å². The van der Waals surface area contributed by atoms with Gasteiger partial charge in [0.1, 0.15) is 0 Å². The van der Waals surface area contributed by atoms with Gasteiger partial charge in [0, 0.05) is 25.7 Å². The molecule has 0 saturated carbocycles. The predicted molar refractivity (Wildman–Crippen MR) is 75.5 cm³/mol. The minimum Gasteiger partial charge on any atom is -0.319 e. The van der Waals surface area contributed by atoms with Gasteiger partial charge in [0.15, 0.2) is 0 Å². The molecule has 1 heterocycles. The van der Waals surface area contributed by atoms with E-state index in [0.717, 1.165) is 12.6 Å². The van der Waals surface area contributed by atoms with E-state index in [2.05, 4.69) is 50.1 Å². The summed E-state index contributed by atoms with van der Waals surface area (Å²) in [4.78, 5) is 5.03. The first-order chi connectivity index (χ1) is 8.00. The molecule has 1 aliphatic rings. The molecule has 102 valence electrons. The van der Waals surface area contributed by atoms with Gasteiger partial charge in [-0.1, -0.05) is 13.8 Å². The third-order valence-electron chi connectivity index (χ3n) is 4.12. The molecule has 2 unspecified atom stereocenters. The van der Waals surface area contributed by atoms with Gasteiger partial charge in [-0.25, -0.2) is 0 Å². The lowest BCUT2D eigenvalue weighted by Crippen LogP contribution is -2.45. The highest BCUT2D eigenvalue weighted by Crippen LogP contribution is 2.27. The van der Waals surface area contributed by atoms with Gasteiger partial charge in [0.2, 0.25) is 0 Å². The normalized spacial score (nSPS) is 25.4. The Bertz CT molecular complexity index is 218. The van der Waals surface area contributed by atoms with E-state index in [1.807, 2.05) is 0 Å². The van der Waals surface area contributed by atoms with Crippen molar-refractivity contribution < 1.29 is 0 Å². The number of likely N-dealkylation sites (N-methyl/N-ethyl adjacent to an activating group) is 1. The Balaban J connectivity index is 2.53. The zero-order chi connectivity index (χ0) is 12.9. The molecule has 1 N–H and O–H groups in total. The predicted octanol–water partition coefficient (Wildman–Crippen LogP) is 1.65. The Labute approximate surface area is 108 Å². The van der Waals surface area contributed by atoms with Crippen LogP contribution in [0.4, 0.5) is 0 Å². The summed E-state index contributed by atoms with van der Waals surface area (Å²) in [5.41, 5.74) is 0.420. The summed E-state index contributed by atoms with van der Waals surface area (Å²) in [6, 6.07) is 0.771. The highest BCUT2D eigenvalue weighted by molar-refractivity contribution is 4.87. The Morgan fingerprint density at radius 3 is 2.65 bits per heavy atom. The van der Waals surface area contributed by atoms with Gasteiger partial charge >= 0.3 is 0 Å². The van der Waals surface area contributed by atoms with Crippen molar-refractivity contribution in [2.45, 2.75) is 39.2 Å². The van der Waals surface area contributed by atoms with Crippen LogP contribution in [0.1, 0.15) is 33.1 Å². The third kappa shape index (κ3) is 4.57. The number of likely N-dealkylation sites (tertiary alicyclic amines) is 1. The molecule has 1 saturated heterocycles. The Morgan fingerprint density at radius 2 is 2.12 bits per heavy atom. The lowest BCUT2D eigenvalue weighted by atomic mass is 9.86. The van der Waals surface area contributed by atoms with Crippen LogP contribution in [0.2, 0.25) is 0 Å². The Kier molecular flexibility index (Phi) is 5.90. The van der Waals surface area contributed by atoms with Crippen LogP contribution in [0.15, 0.2) is 0 Å². The van der Waals surface area contributed by atoms with Crippen molar-refractivity contribution in [1.82, 2.24) is 15.1 Å². The maximum Gasteiger partial charge on any atom is 0.0223 e. The Morgan fingerprint density at radius 1 is 1.41 bits per heavy atom. The maximum atomic E-state index is 3.35. The summed E-state index contributed by atoms with van der Waals surface area (Å²) >= 11 is 0. The lowest BCUT2D eigenvalue weighted by molar-refractivity contribution is 0.130. The van der Waals surface area contributed by atoms with E-state index in [4.69, 9.17) is 0 Å². The molecule has 0 aromatic carbocycles. The molecule has 0 spiro atoms. The molecule has 3 heteroatoms. The van der Waals surface area contributed by atoms with Crippen LogP contribution >= 0.6 is 0 Å². The quantitative estimate of drug-likeness (QED) is 0.731. The highest BCUT2D eigenvalue weighted by Gasteiger charge is 2.31. The highest BCUT2D eigenvalue weighted by atomic mass is 15.2. The van der Waals surface area contributed by atoms with Crippen LogP contribution in [-0.2, 0) is 0 Å². The number of nitrogens with zero attached hydrogens (tertiary/aromatic N) is 2. The van der Waals surface area contributed by atoms with Crippen LogP contribution in [0.5, 0.6) is 0 Å². The molecule has 17 heavy (non-hydrogen) atoms. The summed E-state index contributed by atoms with van der Waals surface area (Å²) in [5.74, 6) is 0. The van der Waals surface area contributed by atoms with Gasteiger partial charge in [0.25, 0.3) is 0 Å². The van der Waals surface area contributed by atoms with Crippen LogP contribution in [-0.4, -0.2) is 63.2 Å². The van der Waals surface area contributed by atoms with Crippen molar-refractivity contribution >= 4 is 0 Å². The average molecular weight is 241 g/mol. The van der Waals surface area contributed by atoms with Gasteiger partial charge in [-0.2, -0.15) is 0 Å². The number of rotatable bonds is 7. The maximum absolute atomic E-state index is 3.35. The molecular formula is C14H31N3.